The van der Waals surface area contributed by atoms with Crippen molar-refractivity contribution >= 4 is 17.3 Å². The number of benzene rings is 2. The summed E-state index contributed by atoms with van der Waals surface area (Å²) in [7, 11) is 0. The number of piperidine rings is 1. The van der Waals surface area contributed by atoms with Crippen LogP contribution < -0.4 is 10.2 Å². The third kappa shape index (κ3) is 3.40. The molecule has 5 rings (SSSR count). The molecule has 3 heterocycles. The molecule has 3 aliphatic rings. The standard InChI is InChI=1S/C23H26FN3O2/c24-16-8-6-15(7-9-16)21(28)5-2-11-26-12-10-20-18(13-26)17-3-1-4-19-23(17)27(20)14-22(29)25-19/h1,3-4,6-9,18,20-21,28H,2,5,10-14H2,(H,25,29)/t18-,20-,21?/m0/s1/i6D,7D,8D,9D. The number of rotatable bonds is 5. The number of aliphatic hydroxyl groups is 1. The zero-order valence-corrected chi connectivity index (χ0v) is 16.0. The first kappa shape index (κ1) is 14.5. The van der Waals surface area contributed by atoms with E-state index >= 15 is 0 Å². The molecule has 1 saturated heterocycles. The maximum Gasteiger partial charge on any atom is 0.243 e. The van der Waals surface area contributed by atoms with Crippen LogP contribution >= 0.6 is 0 Å². The maximum absolute atomic E-state index is 13.8. The second-order valence-electron chi connectivity index (χ2n) is 8.07. The van der Waals surface area contributed by atoms with Gasteiger partial charge in [-0.15, -0.1) is 0 Å². The topological polar surface area (TPSA) is 55.8 Å². The summed E-state index contributed by atoms with van der Waals surface area (Å²) in [6, 6.07) is 3.83. The fourth-order valence-electron chi connectivity index (χ4n) is 5.00. The van der Waals surface area contributed by atoms with Gasteiger partial charge in [0.05, 0.1) is 29.5 Å². The summed E-state index contributed by atoms with van der Waals surface area (Å²) < 4.78 is 44.9. The average molecular weight is 400 g/mol. The van der Waals surface area contributed by atoms with E-state index in [0.29, 0.717) is 24.9 Å². The number of aliphatic hydroxyl groups excluding tert-OH is 1. The highest BCUT2D eigenvalue weighted by atomic mass is 19.1. The number of nitrogens with one attached hydrogen (secondary N) is 1. The van der Waals surface area contributed by atoms with E-state index < -0.39 is 36.1 Å². The Hall–Kier alpha value is -2.44. The molecule has 1 amide bonds. The number of carbonyl (C=O) groups excluding carboxylic acids is 1. The number of anilines is 2. The van der Waals surface area contributed by atoms with Crippen LogP contribution in [-0.4, -0.2) is 48.1 Å². The quantitative estimate of drug-likeness (QED) is 0.810. The summed E-state index contributed by atoms with van der Waals surface area (Å²) in [6.45, 7) is 2.82. The van der Waals surface area contributed by atoms with Crippen LogP contribution in [0.1, 0.15) is 47.9 Å². The molecule has 0 saturated carbocycles. The number of nitrogens with zero attached hydrogens (tertiary/aromatic N) is 2. The van der Waals surface area contributed by atoms with Gasteiger partial charge >= 0.3 is 0 Å². The largest absolute Gasteiger partial charge is 0.388 e. The van der Waals surface area contributed by atoms with Crippen LogP contribution in [0.2, 0.25) is 0 Å². The molecule has 0 radical (unpaired) electrons. The first-order valence-corrected chi connectivity index (χ1v) is 10.1. The molecule has 3 aliphatic heterocycles. The van der Waals surface area contributed by atoms with Crippen molar-refractivity contribution < 1.29 is 19.8 Å². The van der Waals surface area contributed by atoms with Crippen molar-refractivity contribution in [1.82, 2.24) is 4.90 Å². The van der Waals surface area contributed by atoms with E-state index in [1.807, 2.05) is 12.1 Å². The molecule has 2 aromatic rings. The van der Waals surface area contributed by atoms with Gasteiger partial charge < -0.3 is 20.2 Å². The highest BCUT2D eigenvalue weighted by Gasteiger charge is 2.44. The number of carbonyl (C=O) groups is 1. The van der Waals surface area contributed by atoms with E-state index in [1.54, 1.807) is 0 Å². The van der Waals surface area contributed by atoms with Crippen molar-refractivity contribution in [3.05, 3.63) is 59.3 Å². The highest BCUT2D eigenvalue weighted by molar-refractivity contribution is 6.03. The smallest absolute Gasteiger partial charge is 0.243 e. The van der Waals surface area contributed by atoms with E-state index in [9.17, 15) is 14.3 Å². The van der Waals surface area contributed by atoms with E-state index in [1.165, 1.54) is 5.56 Å². The van der Waals surface area contributed by atoms with Crippen LogP contribution in [0, 0.1) is 5.82 Å². The van der Waals surface area contributed by atoms with Gasteiger partial charge in [0.1, 0.15) is 5.82 Å². The molecule has 152 valence electrons. The van der Waals surface area contributed by atoms with Gasteiger partial charge in [0.25, 0.3) is 0 Å². The van der Waals surface area contributed by atoms with Gasteiger partial charge in [-0.1, -0.05) is 24.2 Å². The van der Waals surface area contributed by atoms with Gasteiger partial charge in [-0.05, 0) is 55.1 Å². The van der Waals surface area contributed by atoms with Crippen LogP contribution in [0.4, 0.5) is 15.8 Å². The summed E-state index contributed by atoms with van der Waals surface area (Å²) >= 11 is 0. The van der Waals surface area contributed by atoms with Crippen LogP contribution in [-0.2, 0) is 4.79 Å². The molecule has 0 aromatic heterocycles. The van der Waals surface area contributed by atoms with E-state index in [2.05, 4.69) is 21.2 Å². The molecule has 3 atom stereocenters. The second kappa shape index (κ2) is 7.43. The van der Waals surface area contributed by atoms with Crippen LogP contribution in [0.3, 0.4) is 0 Å². The van der Waals surface area contributed by atoms with Crippen LogP contribution in [0.15, 0.2) is 42.4 Å². The number of para-hydroxylation sites is 1. The van der Waals surface area contributed by atoms with Crippen molar-refractivity contribution in [3.63, 3.8) is 0 Å². The molecule has 1 unspecified atom stereocenters. The van der Waals surface area contributed by atoms with Gasteiger partial charge in [-0.25, -0.2) is 4.39 Å². The minimum atomic E-state index is -1.20. The Morgan fingerprint density at radius 1 is 1.31 bits per heavy atom. The summed E-state index contributed by atoms with van der Waals surface area (Å²) in [6.07, 6.45) is 0.613. The molecule has 0 aliphatic carbocycles. The minimum Gasteiger partial charge on any atom is -0.388 e. The lowest BCUT2D eigenvalue weighted by Gasteiger charge is -2.39. The fourth-order valence-corrected chi connectivity index (χ4v) is 5.00. The Balaban J connectivity index is 1.24. The van der Waals surface area contributed by atoms with E-state index in [0.717, 1.165) is 37.4 Å². The Morgan fingerprint density at radius 3 is 2.97 bits per heavy atom. The molecule has 1 fully saturated rings. The Morgan fingerprint density at radius 2 is 2.14 bits per heavy atom. The lowest BCUT2D eigenvalue weighted by Crippen LogP contribution is -2.49. The number of halogens is 1. The summed E-state index contributed by atoms with van der Waals surface area (Å²) in [5.41, 5.74) is 3.14. The van der Waals surface area contributed by atoms with Crippen molar-refractivity contribution in [3.8, 4) is 0 Å². The summed E-state index contributed by atoms with van der Waals surface area (Å²) in [4.78, 5) is 16.7. The molecule has 0 bridgehead atoms. The van der Waals surface area contributed by atoms with Gasteiger partial charge in [-0.2, -0.15) is 0 Å². The Labute approximate surface area is 175 Å². The molecule has 5 nitrogen and oxygen atoms in total. The monoisotopic (exact) mass is 399 g/mol. The maximum atomic E-state index is 13.8. The summed E-state index contributed by atoms with van der Waals surface area (Å²) in [5, 5.41) is 13.5. The first-order valence-electron chi connectivity index (χ1n) is 12.1. The Bertz CT molecular complexity index is 1100. The number of likely N-dealkylation sites (tertiary alicyclic amines) is 1. The van der Waals surface area contributed by atoms with Crippen LogP contribution in [0.25, 0.3) is 0 Å². The van der Waals surface area contributed by atoms with Gasteiger partial charge in [0.15, 0.2) is 0 Å². The van der Waals surface area contributed by atoms with Gasteiger partial charge in [-0.3, -0.25) is 4.79 Å². The normalized spacial score (nSPS) is 26.0. The lowest BCUT2D eigenvalue weighted by atomic mass is 9.89. The molecular weight excluding hydrogens is 369 g/mol. The first-order chi connectivity index (χ1) is 15.8. The van der Waals surface area contributed by atoms with Crippen molar-refractivity contribution in [2.45, 2.75) is 37.3 Å². The lowest BCUT2D eigenvalue weighted by molar-refractivity contribution is -0.115. The SMILES string of the molecule is [2H]c1c([2H])c(C(O)CCCN2CC[C@H]3[C@@H](C2)c2cccc4c2N3CC(=O)N4)c([2H])c([2H])c1F. The number of hydrogen-bond donors (Lipinski definition) is 2. The second-order valence-corrected chi connectivity index (χ2v) is 8.07. The number of fused-ring (bicyclic) bond motifs is 3. The predicted molar refractivity (Wildman–Crippen MR) is 111 cm³/mol. The molecule has 2 aromatic carbocycles. The van der Waals surface area contributed by atoms with Crippen molar-refractivity contribution in [2.24, 2.45) is 0 Å². The molecular formula is C23H26FN3O2. The minimum absolute atomic E-state index is 0.0201. The zero-order valence-electron chi connectivity index (χ0n) is 20.0. The third-order valence-electron chi connectivity index (χ3n) is 6.30. The molecule has 29 heavy (non-hydrogen) atoms. The fraction of sp³-hybridized carbons (Fsp3) is 0.435. The zero-order chi connectivity index (χ0) is 23.4. The molecule has 2 N–H and O–H groups in total. The number of amides is 1. The average Bonchev–Trinajstić information content (AvgIpc) is 3.11. The van der Waals surface area contributed by atoms with Gasteiger partial charge in [0.2, 0.25) is 5.91 Å². The third-order valence-corrected chi connectivity index (χ3v) is 6.30. The Kier molecular flexibility index (Phi) is 3.72. The highest BCUT2D eigenvalue weighted by Crippen LogP contribution is 2.49. The number of hydrogen-bond acceptors (Lipinski definition) is 4. The van der Waals surface area contributed by atoms with Crippen molar-refractivity contribution in [1.29, 1.82) is 0 Å². The van der Waals surface area contributed by atoms with E-state index in [-0.39, 0.29) is 17.9 Å². The van der Waals surface area contributed by atoms with Crippen molar-refractivity contribution in [2.75, 3.05) is 36.4 Å². The van der Waals surface area contributed by atoms with Gasteiger partial charge in [0, 0.05) is 25.0 Å². The van der Waals surface area contributed by atoms with E-state index in [4.69, 9.17) is 5.48 Å². The predicted octanol–water partition coefficient (Wildman–Crippen LogP) is 3.27. The van der Waals surface area contributed by atoms with Crippen LogP contribution in [0.5, 0.6) is 0 Å². The molecule has 6 heteroatoms. The molecule has 0 spiro atoms. The summed E-state index contributed by atoms with van der Waals surface area (Å²) in [5.74, 6) is -0.870.